The Labute approximate surface area is 186 Å². The number of fused-ring (bicyclic) bond motifs is 1. The largest absolute Gasteiger partial charge is 0.382 e. The Hall–Kier alpha value is -3.26. The molecule has 0 bridgehead atoms. The number of carbonyl (C=O) groups excluding carboxylic acids is 3. The van der Waals surface area contributed by atoms with Crippen LogP contribution in [0.1, 0.15) is 28.8 Å². The number of hydrogen-bond donors (Lipinski definition) is 3. The van der Waals surface area contributed by atoms with Gasteiger partial charge in [-0.1, -0.05) is 18.1 Å². The van der Waals surface area contributed by atoms with Crippen LogP contribution in [0.3, 0.4) is 0 Å². The van der Waals surface area contributed by atoms with Crippen molar-refractivity contribution in [3.05, 3.63) is 29.3 Å². The van der Waals surface area contributed by atoms with Crippen LogP contribution >= 0.6 is 0 Å². The summed E-state index contributed by atoms with van der Waals surface area (Å²) in [7, 11) is 0. The van der Waals surface area contributed by atoms with Crippen molar-refractivity contribution in [1.82, 2.24) is 10.2 Å². The number of carbonyl (C=O) groups is 3. The molecule has 1 unspecified atom stereocenters. The van der Waals surface area contributed by atoms with Crippen LogP contribution in [0.25, 0.3) is 0 Å². The number of nitrogens with zero attached hydrogens (tertiary/aromatic N) is 1. The van der Waals surface area contributed by atoms with E-state index >= 15 is 0 Å². The second-order valence-corrected chi connectivity index (χ2v) is 7.13. The Kier molecular flexibility index (Phi) is 8.33. The highest BCUT2D eigenvalue weighted by molar-refractivity contribution is 6.26. The van der Waals surface area contributed by atoms with Crippen LogP contribution in [0.2, 0.25) is 0 Å². The zero-order valence-electron chi connectivity index (χ0n) is 17.6. The summed E-state index contributed by atoms with van der Waals surface area (Å²) in [4.78, 5) is 37.9. The summed E-state index contributed by atoms with van der Waals surface area (Å²) in [6.45, 7) is 2.82. The Morgan fingerprint density at radius 1 is 1.12 bits per heavy atom. The normalized spacial score (nSPS) is 17.8. The number of rotatable bonds is 12. The highest BCUT2D eigenvalue weighted by Gasteiger charge is 2.43. The molecule has 1 fully saturated rings. The summed E-state index contributed by atoms with van der Waals surface area (Å²) in [6.07, 6.45) is 5.40. The summed E-state index contributed by atoms with van der Waals surface area (Å²) in [5.74, 6) is 0.985. The minimum atomic E-state index is -0.867. The Balaban J connectivity index is 1.47. The molecule has 2 aliphatic rings. The molecule has 10 heteroatoms. The zero-order valence-corrected chi connectivity index (χ0v) is 17.6. The summed E-state index contributed by atoms with van der Waals surface area (Å²) >= 11 is 0. The van der Waals surface area contributed by atoms with Gasteiger partial charge < -0.3 is 19.5 Å². The van der Waals surface area contributed by atoms with E-state index < -0.39 is 17.9 Å². The fraction of sp³-hybridized carbons (Fsp3) is 0.455. The first-order valence-electron chi connectivity index (χ1n) is 10.3. The molecule has 1 atom stereocenters. The van der Waals surface area contributed by atoms with Gasteiger partial charge in [0.2, 0.25) is 11.8 Å². The fourth-order valence-corrected chi connectivity index (χ4v) is 3.53. The SMILES string of the molecule is C#CCOCCOCCOCCNc1cccc2c1C(=O)N(C1CCC(=O)NC1=O)C2=N. The van der Waals surface area contributed by atoms with Gasteiger partial charge in [-0.3, -0.25) is 30.0 Å². The van der Waals surface area contributed by atoms with Gasteiger partial charge in [-0.2, -0.15) is 0 Å². The molecule has 1 saturated heterocycles. The summed E-state index contributed by atoms with van der Waals surface area (Å²) < 4.78 is 15.9. The van der Waals surface area contributed by atoms with Crippen LogP contribution < -0.4 is 10.6 Å². The molecule has 0 saturated carbocycles. The molecule has 170 valence electrons. The lowest BCUT2D eigenvalue weighted by Crippen LogP contribution is -2.54. The van der Waals surface area contributed by atoms with Crippen molar-refractivity contribution in [3.8, 4) is 12.3 Å². The van der Waals surface area contributed by atoms with Gasteiger partial charge >= 0.3 is 0 Å². The molecule has 10 nitrogen and oxygen atoms in total. The molecular formula is C22H26N4O6. The van der Waals surface area contributed by atoms with E-state index in [2.05, 4.69) is 16.6 Å². The van der Waals surface area contributed by atoms with Gasteiger partial charge in [0.05, 0.1) is 38.6 Å². The minimum Gasteiger partial charge on any atom is -0.382 e. The zero-order chi connectivity index (χ0) is 22.9. The average molecular weight is 442 g/mol. The van der Waals surface area contributed by atoms with Crippen LogP contribution in [0.15, 0.2) is 18.2 Å². The van der Waals surface area contributed by atoms with Gasteiger partial charge in [-0.25, -0.2) is 0 Å². The molecule has 3 rings (SSSR count). The van der Waals surface area contributed by atoms with E-state index in [0.717, 1.165) is 0 Å². The smallest absolute Gasteiger partial charge is 0.263 e. The van der Waals surface area contributed by atoms with Crippen LogP contribution in [-0.4, -0.2) is 80.7 Å². The number of nitrogens with one attached hydrogen (secondary N) is 3. The van der Waals surface area contributed by atoms with E-state index in [1.54, 1.807) is 18.2 Å². The lowest BCUT2D eigenvalue weighted by Gasteiger charge is -2.29. The lowest BCUT2D eigenvalue weighted by atomic mass is 10.0. The second kappa shape index (κ2) is 11.4. The standard InChI is InChI=1S/C22H26N4O6/c1-2-9-30-11-13-32-14-12-31-10-8-24-16-5-3-4-15-19(16)22(29)26(20(15)23)17-6-7-18(27)25-21(17)28/h1,3-5,17,23-24H,6-14H2,(H,25,27,28). The summed E-state index contributed by atoms with van der Waals surface area (Å²) in [5, 5.41) is 13.8. The van der Waals surface area contributed by atoms with Crippen molar-refractivity contribution < 1.29 is 28.6 Å². The maximum absolute atomic E-state index is 13.1. The Bertz CT molecular complexity index is 925. The van der Waals surface area contributed by atoms with E-state index in [1.807, 2.05) is 0 Å². The van der Waals surface area contributed by atoms with Crippen molar-refractivity contribution in [2.45, 2.75) is 18.9 Å². The van der Waals surface area contributed by atoms with Gasteiger partial charge in [0, 0.05) is 24.2 Å². The van der Waals surface area contributed by atoms with Crippen molar-refractivity contribution in [1.29, 1.82) is 5.41 Å². The van der Waals surface area contributed by atoms with Crippen molar-refractivity contribution in [2.24, 2.45) is 0 Å². The average Bonchev–Trinajstić information content (AvgIpc) is 3.03. The van der Waals surface area contributed by atoms with Gasteiger partial charge in [-0.15, -0.1) is 6.42 Å². The maximum atomic E-state index is 13.1. The highest BCUT2D eigenvalue weighted by atomic mass is 16.5. The fourth-order valence-electron chi connectivity index (χ4n) is 3.53. The number of benzene rings is 1. The molecule has 3 N–H and O–H groups in total. The molecule has 3 amide bonds. The molecule has 1 aromatic carbocycles. The molecule has 0 aliphatic carbocycles. The first-order valence-corrected chi connectivity index (χ1v) is 10.3. The van der Waals surface area contributed by atoms with E-state index in [0.29, 0.717) is 56.4 Å². The lowest BCUT2D eigenvalue weighted by molar-refractivity contribution is -0.135. The predicted molar refractivity (Wildman–Crippen MR) is 115 cm³/mol. The number of hydrogen-bond acceptors (Lipinski definition) is 8. The van der Waals surface area contributed by atoms with Crippen LogP contribution in [0, 0.1) is 17.8 Å². The van der Waals surface area contributed by atoms with Crippen molar-refractivity contribution in [3.63, 3.8) is 0 Å². The van der Waals surface area contributed by atoms with Gasteiger partial charge in [0.15, 0.2) is 0 Å². The third-order valence-corrected chi connectivity index (χ3v) is 5.01. The van der Waals surface area contributed by atoms with Crippen LogP contribution in [-0.2, 0) is 23.8 Å². The Morgan fingerprint density at radius 3 is 2.56 bits per heavy atom. The molecule has 0 spiro atoms. The topological polar surface area (TPSA) is 130 Å². The number of anilines is 1. The van der Waals surface area contributed by atoms with E-state index in [9.17, 15) is 14.4 Å². The number of ether oxygens (including phenoxy) is 3. The predicted octanol–water partition coefficient (Wildman–Crippen LogP) is 0.368. The monoisotopic (exact) mass is 442 g/mol. The first-order chi connectivity index (χ1) is 15.5. The third kappa shape index (κ3) is 5.50. The Morgan fingerprint density at radius 2 is 1.84 bits per heavy atom. The van der Waals surface area contributed by atoms with Gasteiger partial charge in [0.25, 0.3) is 5.91 Å². The molecule has 0 radical (unpaired) electrons. The maximum Gasteiger partial charge on any atom is 0.263 e. The van der Waals surface area contributed by atoms with Crippen molar-refractivity contribution >= 4 is 29.2 Å². The molecule has 0 aromatic heterocycles. The molecular weight excluding hydrogens is 416 g/mol. The summed E-state index contributed by atoms with van der Waals surface area (Å²) in [6, 6.07) is 4.30. The second-order valence-electron chi connectivity index (χ2n) is 7.13. The van der Waals surface area contributed by atoms with E-state index in [-0.39, 0.29) is 31.2 Å². The van der Waals surface area contributed by atoms with Crippen LogP contribution in [0.5, 0.6) is 0 Å². The molecule has 32 heavy (non-hydrogen) atoms. The molecule has 1 aromatic rings. The van der Waals surface area contributed by atoms with Crippen LogP contribution in [0.4, 0.5) is 5.69 Å². The number of amidine groups is 1. The van der Waals surface area contributed by atoms with Gasteiger partial charge in [-0.05, 0) is 12.5 Å². The third-order valence-electron chi connectivity index (χ3n) is 5.01. The number of amides is 3. The number of piperidine rings is 1. The summed E-state index contributed by atoms with van der Waals surface area (Å²) in [5.41, 5.74) is 1.36. The highest BCUT2D eigenvalue weighted by Crippen LogP contribution is 2.32. The number of imide groups is 1. The first kappa shape index (κ1) is 23.4. The number of terminal acetylenes is 1. The van der Waals surface area contributed by atoms with E-state index in [1.165, 1.54) is 4.90 Å². The van der Waals surface area contributed by atoms with E-state index in [4.69, 9.17) is 26.0 Å². The minimum absolute atomic E-state index is 0.0391. The molecule has 2 heterocycles. The van der Waals surface area contributed by atoms with Crippen molar-refractivity contribution in [2.75, 3.05) is 51.5 Å². The van der Waals surface area contributed by atoms with Gasteiger partial charge in [0.1, 0.15) is 18.5 Å². The molecule has 2 aliphatic heterocycles. The quantitative estimate of drug-likeness (QED) is 0.242.